The van der Waals surface area contributed by atoms with E-state index < -0.39 is 15.9 Å². The largest absolute Gasteiger partial charge is 0.455 e. The van der Waals surface area contributed by atoms with Gasteiger partial charge in [-0.1, -0.05) is 38.1 Å². The van der Waals surface area contributed by atoms with E-state index in [0.29, 0.717) is 24.5 Å². The van der Waals surface area contributed by atoms with E-state index in [9.17, 15) is 18.0 Å². The van der Waals surface area contributed by atoms with Gasteiger partial charge in [-0.2, -0.15) is 4.31 Å². The van der Waals surface area contributed by atoms with Gasteiger partial charge in [0.25, 0.3) is 5.91 Å². The molecule has 178 valence electrons. The number of sulfonamides is 1. The van der Waals surface area contributed by atoms with Crippen molar-refractivity contribution in [3.05, 3.63) is 78.4 Å². The first-order chi connectivity index (χ1) is 16.2. The highest BCUT2D eigenvalue weighted by Crippen LogP contribution is 2.33. The molecule has 0 radical (unpaired) electrons. The highest BCUT2D eigenvalue weighted by Gasteiger charge is 2.24. The number of amides is 2. The molecule has 9 heteroatoms. The number of hydrogen-bond donors (Lipinski definition) is 2. The van der Waals surface area contributed by atoms with Gasteiger partial charge in [-0.3, -0.25) is 9.59 Å². The summed E-state index contributed by atoms with van der Waals surface area (Å²) in [6.45, 7) is 5.54. The van der Waals surface area contributed by atoms with Crippen LogP contribution in [-0.4, -0.2) is 37.6 Å². The van der Waals surface area contributed by atoms with Crippen LogP contribution in [-0.2, 0) is 14.8 Å². The van der Waals surface area contributed by atoms with Crippen molar-refractivity contribution in [1.29, 1.82) is 0 Å². The molecule has 0 unspecified atom stereocenters. The zero-order chi connectivity index (χ0) is 24.7. The van der Waals surface area contributed by atoms with Gasteiger partial charge >= 0.3 is 0 Å². The molecule has 0 saturated carbocycles. The average molecular weight is 482 g/mol. The Morgan fingerprint density at radius 1 is 0.882 bits per heavy atom. The normalized spacial score (nSPS) is 11.2. The van der Waals surface area contributed by atoms with Crippen molar-refractivity contribution in [3.8, 4) is 11.5 Å². The van der Waals surface area contributed by atoms with Gasteiger partial charge in [0, 0.05) is 31.3 Å². The summed E-state index contributed by atoms with van der Waals surface area (Å²) < 4.78 is 33.4. The molecule has 3 aromatic carbocycles. The van der Waals surface area contributed by atoms with Crippen molar-refractivity contribution in [2.75, 3.05) is 23.7 Å². The van der Waals surface area contributed by atoms with Gasteiger partial charge < -0.3 is 15.4 Å². The molecule has 0 aliphatic rings. The molecule has 3 rings (SSSR count). The second-order valence-electron chi connectivity index (χ2n) is 7.38. The molecule has 0 fully saturated rings. The van der Waals surface area contributed by atoms with Crippen molar-refractivity contribution in [2.45, 2.75) is 25.7 Å². The first-order valence-electron chi connectivity index (χ1n) is 10.8. The van der Waals surface area contributed by atoms with Crippen LogP contribution in [0.2, 0.25) is 0 Å². The van der Waals surface area contributed by atoms with Gasteiger partial charge in [-0.25, -0.2) is 8.42 Å². The lowest BCUT2D eigenvalue weighted by atomic mass is 10.1. The van der Waals surface area contributed by atoms with Gasteiger partial charge in [0.15, 0.2) is 5.75 Å². The Morgan fingerprint density at radius 2 is 1.59 bits per heavy atom. The maximum atomic E-state index is 13.1. The highest BCUT2D eigenvalue weighted by atomic mass is 32.2. The number of rotatable bonds is 9. The van der Waals surface area contributed by atoms with Gasteiger partial charge in [-0.05, 0) is 48.5 Å². The monoisotopic (exact) mass is 481 g/mol. The molecule has 8 nitrogen and oxygen atoms in total. The highest BCUT2D eigenvalue weighted by molar-refractivity contribution is 7.89. The second-order valence-corrected chi connectivity index (χ2v) is 9.32. The van der Waals surface area contributed by atoms with Crippen LogP contribution in [0.5, 0.6) is 11.5 Å². The third-order valence-corrected chi connectivity index (χ3v) is 7.00. The van der Waals surface area contributed by atoms with Crippen LogP contribution in [0.1, 0.15) is 31.1 Å². The fourth-order valence-corrected chi connectivity index (χ4v) is 4.81. The Balaban J connectivity index is 2.00. The van der Waals surface area contributed by atoms with E-state index in [0.717, 1.165) is 0 Å². The first-order valence-corrected chi connectivity index (χ1v) is 12.2. The van der Waals surface area contributed by atoms with Crippen molar-refractivity contribution < 1.29 is 22.7 Å². The molecule has 2 N–H and O–H groups in total. The van der Waals surface area contributed by atoms with Gasteiger partial charge in [-0.15, -0.1) is 0 Å². The fraction of sp³-hybridized carbons (Fsp3) is 0.200. The summed E-state index contributed by atoms with van der Waals surface area (Å²) in [6.07, 6.45) is 0. The molecule has 0 saturated heterocycles. The molecule has 0 atom stereocenters. The lowest BCUT2D eigenvalue weighted by Crippen LogP contribution is -2.30. The molecular weight excluding hydrogens is 454 g/mol. The number of anilines is 2. The Hall–Kier alpha value is -3.69. The summed E-state index contributed by atoms with van der Waals surface area (Å²) in [5.74, 6) is 0.0778. The van der Waals surface area contributed by atoms with E-state index >= 15 is 0 Å². The number of benzene rings is 3. The van der Waals surface area contributed by atoms with Crippen LogP contribution in [0.25, 0.3) is 0 Å². The molecule has 0 heterocycles. The SMILES string of the molecule is CCN(CC)S(=O)(=O)c1ccc(Oc2ccccc2)c(NC(=O)c2cccc(NC(C)=O)c2)c1. The predicted octanol–water partition coefficient (Wildman–Crippen LogP) is 4.72. The zero-order valence-electron chi connectivity index (χ0n) is 19.2. The number of ether oxygens (including phenoxy) is 1. The van der Waals surface area contributed by atoms with E-state index in [4.69, 9.17) is 4.74 Å². The maximum Gasteiger partial charge on any atom is 0.255 e. The minimum atomic E-state index is -3.75. The summed E-state index contributed by atoms with van der Waals surface area (Å²) in [5.41, 5.74) is 0.958. The van der Waals surface area contributed by atoms with Crippen LogP contribution >= 0.6 is 0 Å². The summed E-state index contributed by atoms with van der Waals surface area (Å²) in [4.78, 5) is 24.4. The quantitative estimate of drug-likeness (QED) is 0.460. The summed E-state index contributed by atoms with van der Waals surface area (Å²) in [7, 11) is -3.75. The molecule has 0 aliphatic carbocycles. The van der Waals surface area contributed by atoms with E-state index in [2.05, 4.69) is 10.6 Å². The number of nitrogens with one attached hydrogen (secondary N) is 2. The Kier molecular flexibility index (Phi) is 8.04. The molecule has 0 aromatic heterocycles. The number of para-hydroxylation sites is 1. The van der Waals surface area contributed by atoms with Gasteiger partial charge in [0.1, 0.15) is 5.75 Å². The van der Waals surface area contributed by atoms with Gasteiger partial charge in [0.05, 0.1) is 10.6 Å². The molecule has 3 aromatic rings. The summed E-state index contributed by atoms with van der Waals surface area (Å²) in [5, 5.41) is 5.39. The smallest absolute Gasteiger partial charge is 0.255 e. The molecule has 0 bridgehead atoms. The molecule has 34 heavy (non-hydrogen) atoms. The average Bonchev–Trinajstić information content (AvgIpc) is 2.81. The Bertz CT molecular complexity index is 1270. The van der Waals surface area contributed by atoms with Crippen LogP contribution in [0.3, 0.4) is 0 Å². The van der Waals surface area contributed by atoms with Crippen LogP contribution in [0.15, 0.2) is 77.7 Å². The summed E-state index contributed by atoms with van der Waals surface area (Å²) in [6, 6.07) is 19.8. The van der Waals surface area contributed by atoms with E-state index in [1.54, 1.807) is 56.3 Å². The summed E-state index contributed by atoms with van der Waals surface area (Å²) >= 11 is 0. The standard InChI is InChI=1S/C25H27N3O5S/c1-4-28(5-2)34(31,32)22-14-15-24(33-21-12-7-6-8-13-21)23(17-22)27-25(30)19-10-9-11-20(16-19)26-18(3)29/h6-17H,4-5H2,1-3H3,(H,26,29)(H,27,30). The van der Waals surface area contributed by atoms with Crippen molar-refractivity contribution in [2.24, 2.45) is 0 Å². The van der Waals surface area contributed by atoms with Crippen LogP contribution in [0, 0.1) is 0 Å². The predicted molar refractivity (Wildman–Crippen MR) is 132 cm³/mol. The minimum Gasteiger partial charge on any atom is -0.455 e. The van der Waals surface area contributed by atoms with Crippen molar-refractivity contribution in [1.82, 2.24) is 4.31 Å². The lowest BCUT2D eigenvalue weighted by molar-refractivity contribution is -0.114. The molecular formula is C25H27N3O5S. The molecule has 0 aliphatic heterocycles. The lowest BCUT2D eigenvalue weighted by Gasteiger charge is -2.20. The maximum absolute atomic E-state index is 13.1. The Labute approximate surface area is 199 Å². The van der Waals surface area contributed by atoms with E-state index in [1.807, 2.05) is 6.07 Å². The first kappa shape index (κ1) is 24.9. The number of hydrogen-bond acceptors (Lipinski definition) is 5. The van der Waals surface area contributed by atoms with Crippen LogP contribution in [0.4, 0.5) is 11.4 Å². The third kappa shape index (κ3) is 6.00. The third-order valence-electron chi connectivity index (χ3n) is 4.96. The molecule has 2 amide bonds. The minimum absolute atomic E-state index is 0.0407. The topological polar surface area (TPSA) is 105 Å². The second kappa shape index (κ2) is 11.0. The van der Waals surface area contributed by atoms with E-state index in [1.165, 1.54) is 35.5 Å². The van der Waals surface area contributed by atoms with Gasteiger partial charge in [0.2, 0.25) is 15.9 Å². The van der Waals surface area contributed by atoms with E-state index in [-0.39, 0.29) is 27.8 Å². The molecule has 0 spiro atoms. The number of carbonyl (C=O) groups excluding carboxylic acids is 2. The van der Waals surface area contributed by atoms with Crippen molar-refractivity contribution >= 4 is 33.2 Å². The Morgan fingerprint density at radius 3 is 2.24 bits per heavy atom. The van der Waals surface area contributed by atoms with Crippen LogP contribution < -0.4 is 15.4 Å². The fourth-order valence-electron chi connectivity index (χ4n) is 3.32. The zero-order valence-corrected chi connectivity index (χ0v) is 20.1. The number of carbonyl (C=O) groups is 2. The van der Waals surface area contributed by atoms with Crippen molar-refractivity contribution in [3.63, 3.8) is 0 Å². The number of nitrogens with zero attached hydrogens (tertiary/aromatic N) is 1.